The van der Waals surface area contributed by atoms with Crippen LogP contribution < -0.4 is 4.74 Å². The Bertz CT molecular complexity index is 373. The molecule has 1 aromatic carbocycles. The number of fused-ring (bicyclic) bond motifs is 1. The van der Waals surface area contributed by atoms with Crippen molar-refractivity contribution < 1.29 is 14.6 Å². The number of ketones is 1. The van der Waals surface area contributed by atoms with Gasteiger partial charge in [-0.15, -0.1) is 0 Å². The summed E-state index contributed by atoms with van der Waals surface area (Å²) >= 11 is 2.00. The van der Waals surface area contributed by atoms with Crippen molar-refractivity contribution in [3.63, 3.8) is 0 Å². The fourth-order valence-electron chi connectivity index (χ4n) is 1.29. The van der Waals surface area contributed by atoms with Crippen LogP contribution in [0, 0.1) is 3.57 Å². The molecule has 0 atom stereocenters. The number of aromatic hydroxyl groups is 1. The van der Waals surface area contributed by atoms with Gasteiger partial charge in [-0.1, -0.05) is 0 Å². The van der Waals surface area contributed by atoms with Crippen molar-refractivity contribution in [2.75, 3.05) is 6.61 Å². The van der Waals surface area contributed by atoms with E-state index in [1.165, 1.54) is 0 Å². The largest absolute Gasteiger partial charge is 0.504 e. The quantitative estimate of drug-likeness (QED) is 0.743. The molecule has 0 radical (unpaired) electrons. The lowest BCUT2D eigenvalue weighted by molar-refractivity contribution is 0.0930. The minimum atomic E-state index is 0.0351. The van der Waals surface area contributed by atoms with Crippen molar-refractivity contribution in [3.8, 4) is 11.5 Å². The van der Waals surface area contributed by atoms with Crippen molar-refractivity contribution >= 4 is 28.4 Å². The highest BCUT2D eigenvalue weighted by molar-refractivity contribution is 14.1. The number of phenols is 1. The number of rotatable bonds is 0. The van der Waals surface area contributed by atoms with Gasteiger partial charge in [0.15, 0.2) is 17.3 Å². The molecule has 1 aromatic rings. The predicted molar refractivity (Wildman–Crippen MR) is 55.3 cm³/mol. The Morgan fingerprint density at radius 1 is 1.46 bits per heavy atom. The number of Topliss-reactive ketones (excluding diaryl/α,β-unsaturated/α-hetero) is 1. The number of carbonyl (C=O) groups excluding carboxylic acids is 1. The molecule has 1 aliphatic rings. The molecule has 13 heavy (non-hydrogen) atoms. The minimum absolute atomic E-state index is 0.0351. The van der Waals surface area contributed by atoms with E-state index in [4.69, 9.17) is 4.74 Å². The van der Waals surface area contributed by atoms with Gasteiger partial charge < -0.3 is 9.84 Å². The van der Waals surface area contributed by atoms with E-state index in [0.717, 1.165) is 0 Å². The van der Waals surface area contributed by atoms with Crippen LogP contribution in [0.3, 0.4) is 0 Å². The summed E-state index contributed by atoms with van der Waals surface area (Å²) in [4.78, 5) is 11.4. The summed E-state index contributed by atoms with van der Waals surface area (Å²) in [6.45, 7) is 0.361. The molecule has 2 rings (SSSR count). The molecular weight excluding hydrogens is 283 g/mol. The molecule has 0 aromatic heterocycles. The summed E-state index contributed by atoms with van der Waals surface area (Å²) in [6.07, 6.45) is 0.396. The molecular formula is C9H7IO3. The molecule has 1 aliphatic heterocycles. The number of hydrogen-bond donors (Lipinski definition) is 1. The van der Waals surface area contributed by atoms with E-state index in [1.54, 1.807) is 12.1 Å². The third-order valence-corrected chi connectivity index (χ3v) is 2.83. The van der Waals surface area contributed by atoms with E-state index in [9.17, 15) is 9.90 Å². The van der Waals surface area contributed by atoms with Gasteiger partial charge in [-0.2, -0.15) is 0 Å². The molecule has 0 saturated carbocycles. The molecule has 0 bridgehead atoms. The molecule has 68 valence electrons. The minimum Gasteiger partial charge on any atom is -0.504 e. The van der Waals surface area contributed by atoms with E-state index in [-0.39, 0.29) is 11.5 Å². The third-order valence-electron chi connectivity index (χ3n) is 1.96. The summed E-state index contributed by atoms with van der Waals surface area (Å²) in [6, 6.07) is 3.40. The highest BCUT2D eigenvalue weighted by Crippen LogP contribution is 2.37. The fraction of sp³-hybridized carbons (Fsp3) is 0.222. The zero-order valence-corrected chi connectivity index (χ0v) is 8.87. The number of phenolic OH excluding ortho intramolecular Hbond substituents is 1. The maximum Gasteiger partial charge on any atom is 0.172 e. The number of halogens is 1. The zero-order chi connectivity index (χ0) is 9.42. The molecule has 0 saturated heterocycles. The first kappa shape index (κ1) is 8.80. The molecule has 0 spiro atoms. The van der Waals surface area contributed by atoms with Crippen molar-refractivity contribution in [1.82, 2.24) is 0 Å². The van der Waals surface area contributed by atoms with Crippen molar-refractivity contribution in [2.45, 2.75) is 6.42 Å². The Balaban J connectivity index is 2.63. The van der Waals surface area contributed by atoms with Gasteiger partial charge in [0.2, 0.25) is 0 Å². The first-order valence-corrected chi connectivity index (χ1v) is 4.95. The van der Waals surface area contributed by atoms with Gasteiger partial charge in [0.25, 0.3) is 0 Å². The van der Waals surface area contributed by atoms with Gasteiger partial charge in [0, 0.05) is 6.42 Å². The number of hydrogen-bond acceptors (Lipinski definition) is 3. The Hall–Kier alpha value is -0.780. The molecule has 1 heterocycles. The van der Waals surface area contributed by atoms with Crippen LogP contribution in [-0.2, 0) is 0 Å². The molecule has 4 heteroatoms. The fourth-order valence-corrected chi connectivity index (χ4v) is 1.72. The number of carbonyl (C=O) groups is 1. The maximum atomic E-state index is 11.4. The summed E-state index contributed by atoms with van der Waals surface area (Å²) < 4.78 is 5.93. The average molecular weight is 290 g/mol. The Morgan fingerprint density at radius 2 is 2.23 bits per heavy atom. The van der Waals surface area contributed by atoms with Gasteiger partial charge in [0.1, 0.15) is 0 Å². The SMILES string of the molecule is O=C1CCOc2c1ccc(I)c2O. The first-order chi connectivity index (χ1) is 6.20. The molecule has 3 nitrogen and oxygen atoms in total. The Labute approximate surface area is 88.9 Å². The lowest BCUT2D eigenvalue weighted by atomic mass is 10.0. The van der Waals surface area contributed by atoms with Gasteiger partial charge in [-0.3, -0.25) is 4.79 Å². The monoisotopic (exact) mass is 290 g/mol. The lowest BCUT2D eigenvalue weighted by Gasteiger charge is -2.17. The van der Waals surface area contributed by atoms with Gasteiger partial charge in [0.05, 0.1) is 15.7 Å². The molecule has 0 aliphatic carbocycles. The van der Waals surface area contributed by atoms with Gasteiger partial charge in [-0.25, -0.2) is 0 Å². The van der Waals surface area contributed by atoms with Crippen LogP contribution in [0.1, 0.15) is 16.8 Å². The van der Waals surface area contributed by atoms with Crippen LogP contribution in [0.4, 0.5) is 0 Å². The van der Waals surface area contributed by atoms with Gasteiger partial charge >= 0.3 is 0 Å². The Morgan fingerprint density at radius 3 is 3.00 bits per heavy atom. The first-order valence-electron chi connectivity index (χ1n) is 3.87. The summed E-state index contributed by atoms with van der Waals surface area (Å²) in [7, 11) is 0. The Kier molecular flexibility index (Phi) is 2.15. The van der Waals surface area contributed by atoms with E-state index < -0.39 is 0 Å². The van der Waals surface area contributed by atoms with Crippen molar-refractivity contribution in [3.05, 3.63) is 21.3 Å². The molecule has 1 N–H and O–H groups in total. The summed E-state index contributed by atoms with van der Waals surface area (Å²) in [5.74, 6) is 0.447. The van der Waals surface area contributed by atoms with Crippen LogP contribution in [0.2, 0.25) is 0 Å². The number of benzene rings is 1. The average Bonchev–Trinajstić information content (AvgIpc) is 2.12. The van der Waals surface area contributed by atoms with Crippen molar-refractivity contribution in [2.24, 2.45) is 0 Å². The normalized spacial score (nSPS) is 15.0. The molecule has 0 amide bonds. The second-order valence-corrected chi connectivity index (χ2v) is 3.96. The van der Waals surface area contributed by atoms with E-state index >= 15 is 0 Å². The third kappa shape index (κ3) is 1.39. The number of ether oxygens (including phenoxy) is 1. The second kappa shape index (κ2) is 3.17. The van der Waals surface area contributed by atoms with Crippen LogP contribution in [-0.4, -0.2) is 17.5 Å². The van der Waals surface area contributed by atoms with Gasteiger partial charge in [-0.05, 0) is 34.7 Å². The van der Waals surface area contributed by atoms with E-state index in [2.05, 4.69) is 0 Å². The molecule has 0 fully saturated rings. The lowest BCUT2D eigenvalue weighted by Crippen LogP contribution is -2.15. The highest BCUT2D eigenvalue weighted by Gasteiger charge is 2.22. The van der Waals surface area contributed by atoms with Crippen LogP contribution in [0.5, 0.6) is 11.5 Å². The summed E-state index contributed by atoms with van der Waals surface area (Å²) in [5.41, 5.74) is 0.490. The van der Waals surface area contributed by atoms with Crippen LogP contribution in [0.15, 0.2) is 12.1 Å². The summed E-state index contributed by atoms with van der Waals surface area (Å²) in [5, 5.41) is 9.58. The van der Waals surface area contributed by atoms with Crippen LogP contribution in [0.25, 0.3) is 0 Å². The van der Waals surface area contributed by atoms with Crippen molar-refractivity contribution in [1.29, 1.82) is 0 Å². The standard InChI is InChI=1S/C9H7IO3/c10-6-2-1-5-7(11)3-4-13-9(5)8(6)12/h1-2,12H,3-4H2. The van der Waals surface area contributed by atoms with E-state index in [0.29, 0.717) is 27.9 Å². The smallest absolute Gasteiger partial charge is 0.172 e. The maximum absolute atomic E-state index is 11.4. The van der Waals surface area contributed by atoms with E-state index in [1.807, 2.05) is 22.6 Å². The van der Waals surface area contributed by atoms with Crippen LogP contribution >= 0.6 is 22.6 Å². The highest BCUT2D eigenvalue weighted by atomic mass is 127. The topological polar surface area (TPSA) is 46.5 Å². The second-order valence-electron chi connectivity index (χ2n) is 2.79. The zero-order valence-electron chi connectivity index (χ0n) is 6.71. The predicted octanol–water partition coefficient (Wildman–Crippen LogP) is 1.96. The molecule has 0 unspecified atom stereocenters.